The zero-order valence-corrected chi connectivity index (χ0v) is 16.4. The molecule has 0 radical (unpaired) electrons. The lowest BCUT2D eigenvalue weighted by Gasteiger charge is -2.25. The standard InChI is InChI=1S/C21H34N4O/c1-4-22-21(24-19-14-18-10-11-20(19)26-18)23-13-12-16(2)25(3)15-17-8-6-5-7-9-17/h5-9,16,18-20H,4,10-15H2,1-3H3,(H2,22,23,24). The van der Waals surface area contributed by atoms with Crippen LogP contribution in [0.2, 0.25) is 0 Å². The molecule has 26 heavy (non-hydrogen) atoms. The third-order valence-corrected chi connectivity index (χ3v) is 5.62. The molecule has 0 aromatic heterocycles. The Morgan fingerprint density at radius 2 is 2.12 bits per heavy atom. The summed E-state index contributed by atoms with van der Waals surface area (Å²) in [4.78, 5) is 7.20. The molecule has 2 bridgehead atoms. The van der Waals surface area contributed by atoms with E-state index < -0.39 is 0 Å². The molecule has 3 rings (SSSR count). The number of hydrogen-bond acceptors (Lipinski definition) is 3. The average Bonchev–Trinajstić information content (AvgIpc) is 3.25. The molecule has 2 aliphatic rings. The van der Waals surface area contributed by atoms with Crippen molar-refractivity contribution >= 4 is 5.96 Å². The van der Waals surface area contributed by atoms with Gasteiger partial charge in [-0.25, -0.2) is 0 Å². The molecule has 1 aromatic rings. The van der Waals surface area contributed by atoms with Crippen molar-refractivity contribution in [2.24, 2.45) is 4.99 Å². The lowest BCUT2D eigenvalue weighted by atomic mass is 9.96. The molecule has 0 aliphatic carbocycles. The number of nitrogens with zero attached hydrogens (tertiary/aromatic N) is 2. The maximum atomic E-state index is 5.94. The summed E-state index contributed by atoms with van der Waals surface area (Å²) in [7, 11) is 2.19. The van der Waals surface area contributed by atoms with Gasteiger partial charge in [-0.15, -0.1) is 0 Å². The predicted octanol–water partition coefficient (Wildman–Crippen LogP) is 2.77. The van der Waals surface area contributed by atoms with Gasteiger partial charge in [0.2, 0.25) is 0 Å². The van der Waals surface area contributed by atoms with Crippen molar-refractivity contribution in [1.82, 2.24) is 15.5 Å². The van der Waals surface area contributed by atoms with Gasteiger partial charge >= 0.3 is 0 Å². The van der Waals surface area contributed by atoms with Gasteiger partial charge in [-0.2, -0.15) is 0 Å². The van der Waals surface area contributed by atoms with Crippen LogP contribution in [0, 0.1) is 0 Å². The number of hydrogen-bond donors (Lipinski definition) is 2. The molecule has 1 aromatic carbocycles. The van der Waals surface area contributed by atoms with E-state index >= 15 is 0 Å². The lowest BCUT2D eigenvalue weighted by molar-refractivity contribution is 0.0992. The summed E-state index contributed by atoms with van der Waals surface area (Å²) in [6.45, 7) is 7.09. The average molecular weight is 359 g/mol. The van der Waals surface area contributed by atoms with E-state index in [0.29, 0.717) is 24.3 Å². The molecule has 5 heteroatoms. The first kappa shape index (κ1) is 19.2. The number of benzene rings is 1. The molecule has 0 amide bonds. The van der Waals surface area contributed by atoms with Crippen LogP contribution in [0.5, 0.6) is 0 Å². The van der Waals surface area contributed by atoms with Gasteiger partial charge in [0.1, 0.15) is 0 Å². The largest absolute Gasteiger partial charge is 0.373 e. The first-order valence-electron chi connectivity index (χ1n) is 10.1. The number of aliphatic imine (C=N–C) groups is 1. The quantitative estimate of drug-likeness (QED) is 0.554. The van der Waals surface area contributed by atoms with E-state index in [2.05, 4.69) is 66.8 Å². The third-order valence-electron chi connectivity index (χ3n) is 5.62. The van der Waals surface area contributed by atoms with Crippen molar-refractivity contribution in [3.05, 3.63) is 35.9 Å². The topological polar surface area (TPSA) is 48.9 Å². The summed E-state index contributed by atoms with van der Waals surface area (Å²) in [6.07, 6.45) is 5.41. The van der Waals surface area contributed by atoms with Gasteiger partial charge in [0.15, 0.2) is 5.96 Å². The number of nitrogens with one attached hydrogen (secondary N) is 2. The van der Waals surface area contributed by atoms with Crippen molar-refractivity contribution in [2.45, 2.75) is 70.4 Å². The highest BCUT2D eigenvalue weighted by Crippen LogP contribution is 2.34. The number of ether oxygens (including phenoxy) is 1. The maximum absolute atomic E-state index is 5.94. The maximum Gasteiger partial charge on any atom is 0.191 e. The van der Waals surface area contributed by atoms with Crippen molar-refractivity contribution < 1.29 is 4.74 Å². The summed E-state index contributed by atoms with van der Waals surface area (Å²) >= 11 is 0. The van der Waals surface area contributed by atoms with Crippen LogP contribution in [-0.2, 0) is 11.3 Å². The Hall–Kier alpha value is -1.59. The summed E-state index contributed by atoms with van der Waals surface area (Å²) in [5, 5.41) is 6.97. The Balaban J connectivity index is 1.45. The molecule has 2 N–H and O–H groups in total. The second-order valence-electron chi connectivity index (χ2n) is 7.66. The summed E-state index contributed by atoms with van der Waals surface area (Å²) in [5.41, 5.74) is 1.36. The van der Waals surface area contributed by atoms with Crippen molar-refractivity contribution in [3.8, 4) is 0 Å². The molecule has 144 valence electrons. The van der Waals surface area contributed by atoms with E-state index in [1.165, 1.54) is 18.4 Å². The van der Waals surface area contributed by atoms with Crippen LogP contribution >= 0.6 is 0 Å². The molecule has 2 fully saturated rings. The number of rotatable bonds is 8. The van der Waals surface area contributed by atoms with E-state index in [0.717, 1.165) is 38.4 Å². The molecule has 4 unspecified atom stereocenters. The Morgan fingerprint density at radius 3 is 2.77 bits per heavy atom. The molecule has 2 heterocycles. The fourth-order valence-corrected chi connectivity index (χ4v) is 3.90. The Kier molecular flexibility index (Phi) is 6.92. The second kappa shape index (κ2) is 9.38. The van der Waals surface area contributed by atoms with Crippen molar-refractivity contribution in [3.63, 3.8) is 0 Å². The summed E-state index contributed by atoms with van der Waals surface area (Å²) < 4.78 is 5.94. The highest BCUT2D eigenvalue weighted by Gasteiger charge is 2.41. The Bertz CT molecular complexity index is 577. The second-order valence-corrected chi connectivity index (χ2v) is 7.66. The van der Waals surface area contributed by atoms with Crippen LogP contribution in [0.4, 0.5) is 0 Å². The van der Waals surface area contributed by atoms with Crippen LogP contribution < -0.4 is 10.6 Å². The van der Waals surface area contributed by atoms with E-state index in [-0.39, 0.29) is 0 Å². The zero-order valence-electron chi connectivity index (χ0n) is 16.4. The van der Waals surface area contributed by atoms with Crippen LogP contribution in [-0.4, -0.2) is 55.3 Å². The minimum absolute atomic E-state index is 0.375. The third kappa shape index (κ3) is 5.21. The lowest BCUT2D eigenvalue weighted by Crippen LogP contribution is -2.47. The van der Waals surface area contributed by atoms with E-state index in [9.17, 15) is 0 Å². The normalized spacial score (nSPS) is 26.3. The summed E-state index contributed by atoms with van der Waals surface area (Å²) in [6, 6.07) is 11.6. The number of fused-ring (bicyclic) bond motifs is 2. The van der Waals surface area contributed by atoms with Crippen molar-refractivity contribution in [2.75, 3.05) is 20.1 Å². The smallest absolute Gasteiger partial charge is 0.191 e. The molecular formula is C21H34N4O. The highest BCUT2D eigenvalue weighted by atomic mass is 16.5. The van der Waals surface area contributed by atoms with Gasteiger partial charge in [-0.3, -0.25) is 9.89 Å². The minimum atomic E-state index is 0.375. The van der Waals surface area contributed by atoms with Crippen LogP contribution in [0.3, 0.4) is 0 Å². The van der Waals surface area contributed by atoms with Gasteiger partial charge in [0, 0.05) is 25.7 Å². The van der Waals surface area contributed by atoms with Gasteiger partial charge in [0.25, 0.3) is 0 Å². The van der Waals surface area contributed by atoms with Gasteiger partial charge in [-0.1, -0.05) is 30.3 Å². The minimum Gasteiger partial charge on any atom is -0.373 e. The number of guanidine groups is 1. The van der Waals surface area contributed by atoms with Gasteiger partial charge in [-0.05, 0) is 52.1 Å². The molecular weight excluding hydrogens is 324 g/mol. The first-order chi connectivity index (χ1) is 12.7. The van der Waals surface area contributed by atoms with Gasteiger partial charge in [0.05, 0.1) is 18.2 Å². The Morgan fingerprint density at radius 1 is 1.31 bits per heavy atom. The van der Waals surface area contributed by atoms with Crippen LogP contribution in [0.1, 0.15) is 45.1 Å². The highest BCUT2D eigenvalue weighted by molar-refractivity contribution is 5.80. The Labute approximate surface area is 158 Å². The van der Waals surface area contributed by atoms with Crippen molar-refractivity contribution in [1.29, 1.82) is 0 Å². The fraction of sp³-hybridized carbons (Fsp3) is 0.667. The molecule has 2 saturated heterocycles. The SMILES string of the molecule is CCNC(=NCCC(C)N(C)Cc1ccccc1)NC1CC2CCC1O2. The van der Waals surface area contributed by atoms with E-state index in [4.69, 9.17) is 9.73 Å². The van der Waals surface area contributed by atoms with E-state index in [1.807, 2.05) is 0 Å². The summed E-state index contributed by atoms with van der Waals surface area (Å²) in [5.74, 6) is 0.937. The molecule has 2 aliphatic heterocycles. The predicted molar refractivity (Wildman–Crippen MR) is 107 cm³/mol. The van der Waals surface area contributed by atoms with Crippen LogP contribution in [0.15, 0.2) is 35.3 Å². The molecule has 5 nitrogen and oxygen atoms in total. The molecule has 0 saturated carbocycles. The monoisotopic (exact) mass is 358 g/mol. The fourth-order valence-electron chi connectivity index (χ4n) is 3.90. The van der Waals surface area contributed by atoms with E-state index in [1.54, 1.807) is 0 Å². The molecule has 4 atom stereocenters. The molecule has 0 spiro atoms. The van der Waals surface area contributed by atoms with Crippen LogP contribution in [0.25, 0.3) is 0 Å². The zero-order chi connectivity index (χ0) is 18.4. The van der Waals surface area contributed by atoms with Gasteiger partial charge < -0.3 is 15.4 Å². The first-order valence-corrected chi connectivity index (χ1v) is 10.1.